The zero-order valence-electron chi connectivity index (χ0n) is 10.7. The van der Waals surface area contributed by atoms with Gasteiger partial charge in [-0.25, -0.2) is 0 Å². The van der Waals surface area contributed by atoms with Gasteiger partial charge in [0.15, 0.2) is 0 Å². The highest BCUT2D eigenvalue weighted by molar-refractivity contribution is 7.54. The summed E-state index contributed by atoms with van der Waals surface area (Å²) in [7, 11) is -3.47. The Kier molecular flexibility index (Phi) is 7.16. The molecule has 0 saturated carbocycles. The first-order chi connectivity index (χ1) is 7.85. The lowest BCUT2D eigenvalue weighted by Gasteiger charge is -2.26. The Bertz CT molecular complexity index is 324. The van der Waals surface area contributed by atoms with Crippen molar-refractivity contribution in [2.24, 2.45) is 5.11 Å². The molecule has 0 aliphatic carbocycles. The van der Waals surface area contributed by atoms with Gasteiger partial charge in [-0.15, -0.1) is 6.58 Å². The summed E-state index contributed by atoms with van der Waals surface area (Å²) in [5, 5.41) is 3.49. The van der Waals surface area contributed by atoms with Crippen LogP contribution < -0.4 is 0 Å². The molecule has 7 heteroatoms. The van der Waals surface area contributed by atoms with Gasteiger partial charge in [0.25, 0.3) is 0 Å². The fourth-order valence-electron chi connectivity index (χ4n) is 1.20. The third kappa shape index (κ3) is 5.89. The lowest BCUT2D eigenvalue weighted by molar-refractivity contribution is 0.137. The third-order valence-electron chi connectivity index (χ3n) is 1.64. The van der Waals surface area contributed by atoms with E-state index >= 15 is 0 Å². The zero-order valence-corrected chi connectivity index (χ0v) is 11.6. The van der Waals surface area contributed by atoms with E-state index in [1.807, 2.05) is 0 Å². The predicted molar refractivity (Wildman–Crippen MR) is 67.8 cm³/mol. The van der Waals surface area contributed by atoms with E-state index in [0.717, 1.165) is 0 Å². The molecule has 0 bridgehead atoms. The minimum Gasteiger partial charge on any atom is -0.306 e. The number of hydrogen-bond donors (Lipinski definition) is 0. The van der Waals surface area contributed by atoms with Gasteiger partial charge < -0.3 is 9.05 Å². The van der Waals surface area contributed by atoms with Crippen LogP contribution in [0, 0.1) is 0 Å². The fourth-order valence-corrected chi connectivity index (χ4v) is 3.29. The summed E-state index contributed by atoms with van der Waals surface area (Å²) in [4.78, 5) is 2.68. The predicted octanol–water partition coefficient (Wildman–Crippen LogP) is 4.24. The van der Waals surface area contributed by atoms with E-state index in [9.17, 15) is 4.57 Å². The summed E-state index contributed by atoms with van der Waals surface area (Å²) in [5.41, 5.74) is 8.49. The molecule has 0 aromatic rings. The Morgan fingerprint density at radius 2 is 1.82 bits per heavy atom. The van der Waals surface area contributed by atoms with Crippen molar-refractivity contribution >= 4 is 7.60 Å². The molecule has 1 atom stereocenters. The number of hydrogen-bond acceptors (Lipinski definition) is 4. The summed E-state index contributed by atoms with van der Waals surface area (Å²) >= 11 is 0. The number of nitrogens with zero attached hydrogens (tertiary/aromatic N) is 3. The Morgan fingerprint density at radius 1 is 1.35 bits per heavy atom. The normalized spacial score (nSPS) is 13.5. The molecule has 17 heavy (non-hydrogen) atoms. The van der Waals surface area contributed by atoms with Gasteiger partial charge in [0, 0.05) is 4.91 Å². The Morgan fingerprint density at radius 3 is 2.12 bits per heavy atom. The fraction of sp³-hybridized carbons (Fsp3) is 0.800. The summed E-state index contributed by atoms with van der Waals surface area (Å²) in [6.45, 7) is 10.5. The van der Waals surface area contributed by atoms with Crippen molar-refractivity contribution in [2.45, 2.75) is 52.1 Å². The quantitative estimate of drug-likeness (QED) is 0.215. The van der Waals surface area contributed by atoms with E-state index in [1.54, 1.807) is 27.7 Å². The summed E-state index contributed by atoms with van der Waals surface area (Å²) in [6, 6.07) is 0. The van der Waals surface area contributed by atoms with Gasteiger partial charge in [-0.2, -0.15) is 0 Å². The Labute approximate surface area is 102 Å². The smallest absolute Gasteiger partial charge is 0.306 e. The molecule has 0 aromatic carbocycles. The van der Waals surface area contributed by atoms with Crippen LogP contribution in [0.15, 0.2) is 17.8 Å². The van der Waals surface area contributed by atoms with Gasteiger partial charge in [0.2, 0.25) is 0 Å². The minimum atomic E-state index is -3.47. The van der Waals surface area contributed by atoms with Gasteiger partial charge in [-0.1, -0.05) is 11.2 Å². The molecule has 0 radical (unpaired) electrons. The lowest BCUT2D eigenvalue weighted by Crippen LogP contribution is -2.16. The topological polar surface area (TPSA) is 84.3 Å². The van der Waals surface area contributed by atoms with Crippen molar-refractivity contribution in [3.05, 3.63) is 23.1 Å². The average Bonchev–Trinajstić information content (AvgIpc) is 2.14. The van der Waals surface area contributed by atoms with E-state index in [-0.39, 0.29) is 18.6 Å². The van der Waals surface area contributed by atoms with Crippen LogP contribution in [-0.2, 0) is 13.6 Å². The standard InChI is InChI=1S/C10H20N3O3P/c1-6-7-10(12-13-11)17(14,15-8(2)3)16-9(4)5/h6,8-10H,1,7H2,2-5H3. The zero-order chi connectivity index (χ0) is 13.5. The van der Waals surface area contributed by atoms with Crippen molar-refractivity contribution in [1.82, 2.24) is 0 Å². The van der Waals surface area contributed by atoms with Crippen LogP contribution in [0.1, 0.15) is 34.1 Å². The van der Waals surface area contributed by atoms with E-state index in [4.69, 9.17) is 14.6 Å². The Hall–Kier alpha value is -0.800. The highest BCUT2D eigenvalue weighted by Gasteiger charge is 2.36. The highest BCUT2D eigenvalue weighted by atomic mass is 31.2. The molecular weight excluding hydrogens is 241 g/mol. The molecule has 0 aromatic heterocycles. The van der Waals surface area contributed by atoms with Crippen molar-refractivity contribution in [2.75, 3.05) is 0 Å². The monoisotopic (exact) mass is 261 g/mol. The number of rotatable bonds is 8. The third-order valence-corrected chi connectivity index (χ3v) is 4.12. The van der Waals surface area contributed by atoms with Crippen LogP contribution in [-0.4, -0.2) is 18.0 Å². The van der Waals surface area contributed by atoms with E-state index in [2.05, 4.69) is 16.6 Å². The van der Waals surface area contributed by atoms with Crippen LogP contribution in [0.5, 0.6) is 0 Å². The molecular formula is C10H20N3O3P. The van der Waals surface area contributed by atoms with E-state index in [1.165, 1.54) is 6.08 Å². The van der Waals surface area contributed by atoms with Gasteiger partial charge in [0.1, 0.15) is 5.78 Å². The van der Waals surface area contributed by atoms with Crippen LogP contribution in [0.4, 0.5) is 0 Å². The first-order valence-corrected chi connectivity index (χ1v) is 7.08. The SMILES string of the molecule is C=CCC(N=[N+]=[N-])P(=O)(OC(C)C)OC(C)C. The lowest BCUT2D eigenvalue weighted by atomic mass is 10.4. The first kappa shape index (κ1) is 16.2. The minimum absolute atomic E-state index is 0.251. The molecule has 98 valence electrons. The maximum absolute atomic E-state index is 12.6. The number of azide groups is 1. The maximum atomic E-state index is 12.6. The summed E-state index contributed by atoms with van der Waals surface area (Å²) in [5.74, 6) is -0.866. The van der Waals surface area contributed by atoms with Gasteiger partial charge in [0.05, 0.1) is 12.2 Å². The van der Waals surface area contributed by atoms with Crippen molar-refractivity contribution in [3.8, 4) is 0 Å². The molecule has 0 aliphatic rings. The van der Waals surface area contributed by atoms with Gasteiger partial charge in [-0.3, -0.25) is 4.57 Å². The largest absolute Gasteiger partial charge is 0.340 e. The van der Waals surface area contributed by atoms with E-state index in [0.29, 0.717) is 0 Å². The summed E-state index contributed by atoms with van der Waals surface area (Å²) < 4.78 is 23.2. The van der Waals surface area contributed by atoms with Crippen LogP contribution in [0.2, 0.25) is 0 Å². The molecule has 0 heterocycles. The molecule has 0 aliphatic heterocycles. The van der Waals surface area contributed by atoms with Crippen molar-refractivity contribution in [1.29, 1.82) is 0 Å². The van der Waals surface area contributed by atoms with Crippen LogP contribution >= 0.6 is 7.60 Å². The second-order valence-corrected chi connectivity index (χ2v) is 6.16. The van der Waals surface area contributed by atoms with Crippen molar-refractivity contribution in [3.63, 3.8) is 0 Å². The molecule has 0 fully saturated rings. The summed E-state index contributed by atoms with van der Waals surface area (Å²) in [6.07, 6.45) is 1.22. The van der Waals surface area contributed by atoms with Crippen LogP contribution in [0.3, 0.4) is 0 Å². The average molecular weight is 261 g/mol. The molecule has 0 spiro atoms. The molecule has 6 nitrogen and oxygen atoms in total. The van der Waals surface area contributed by atoms with Gasteiger partial charge >= 0.3 is 7.60 Å². The molecule has 0 saturated heterocycles. The second-order valence-electron chi connectivity index (χ2n) is 4.06. The van der Waals surface area contributed by atoms with Crippen molar-refractivity contribution < 1.29 is 13.6 Å². The second kappa shape index (κ2) is 7.51. The molecule has 1 unspecified atom stereocenters. The molecule has 0 amide bonds. The van der Waals surface area contributed by atoms with Gasteiger partial charge in [-0.05, 0) is 39.6 Å². The Balaban J connectivity index is 5.15. The first-order valence-electron chi connectivity index (χ1n) is 5.47. The van der Waals surface area contributed by atoms with E-state index < -0.39 is 13.4 Å². The molecule has 0 N–H and O–H groups in total. The van der Waals surface area contributed by atoms with Crippen LogP contribution in [0.25, 0.3) is 10.4 Å². The maximum Gasteiger partial charge on any atom is 0.340 e. The molecule has 0 rings (SSSR count). The highest BCUT2D eigenvalue weighted by Crippen LogP contribution is 2.56.